The van der Waals surface area contributed by atoms with Crippen LogP contribution in [0.25, 0.3) is 11.0 Å². The van der Waals surface area contributed by atoms with Crippen molar-refractivity contribution in [3.63, 3.8) is 0 Å². The Labute approximate surface area is 192 Å². The lowest BCUT2D eigenvalue weighted by atomic mass is 10.2. The number of amides is 1. The number of hydrogen-bond donors (Lipinski definition) is 0. The van der Waals surface area contributed by atoms with Gasteiger partial charge in [-0.1, -0.05) is 34.6 Å². The van der Waals surface area contributed by atoms with E-state index in [1.807, 2.05) is 24.8 Å². The Bertz CT molecular complexity index is 1040. The molecule has 1 amide bonds. The van der Waals surface area contributed by atoms with E-state index in [1.54, 1.807) is 12.1 Å². The summed E-state index contributed by atoms with van der Waals surface area (Å²) in [7, 11) is -3.54. The zero-order chi connectivity index (χ0) is 23.5. The van der Waals surface area contributed by atoms with Crippen LogP contribution in [0.15, 0.2) is 23.1 Å². The van der Waals surface area contributed by atoms with E-state index < -0.39 is 10.0 Å². The molecule has 0 spiro atoms. The van der Waals surface area contributed by atoms with Crippen molar-refractivity contribution in [1.82, 2.24) is 18.8 Å². The molecule has 1 aliphatic carbocycles. The lowest BCUT2D eigenvalue weighted by molar-refractivity contribution is -0.132. The van der Waals surface area contributed by atoms with Gasteiger partial charge >= 0.3 is 0 Å². The van der Waals surface area contributed by atoms with Gasteiger partial charge in [-0.3, -0.25) is 4.79 Å². The quantitative estimate of drug-likeness (QED) is 0.477. The summed E-state index contributed by atoms with van der Waals surface area (Å²) in [5.41, 5.74) is 1.60. The second-order valence-electron chi connectivity index (χ2n) is 9.09. The van der Waals surface area contributed by atoms with Crippen molar-refractivity contribution in [3.05, 3.63) is 24.0 Å². The number of rotatable bonds is 12. The van der Waals surface area contributed by atoms with E-state index in [-0.39, 0.29) is 10.8 Å². The first-order chi connectivity index (χ1) is 15.2. The Hall–Kier alpha value is -1.93. The topological polar surface area (TPSA) is 75.5 Å². The molecule has 32 heavy (non-hydrogen) atoms. The third-order valence-corrected chi connectivity index (χ3v) is 8.07. The first-order valence-electron chi connectivity index (χ1n) is 12.0. The first-order valence-corrected chi connectivity index (χ1v) is 13.5. The van der Waals surface area contributed by atoms with Crippen LogP contribution in [0.5, 0.6) is 0 Å². The summed E-state index contributed by atoms with van der Waals surface area (Å²) in [5.74, 6) is 1.50. The normalized spacial score (nSPS) is 14.6. The van der Waals surface area contributed by atoms with Crippen LogP contribution in [-0.2, 0) is 27.8 Å². The van der Waals surface area contributed by atoms with Gasteiger partial charge in [-0.05, 0) is 43.4 Å². The van der Waals surface area contributed by atoms with Crippen LogP contribution < -0.4 is 0 Å². The highest BCUT2D eigenvalue weighted by molar-refractivity contribution is 7.89. The lowest BCUT2D eigenvalue weighted by Crippen LogP contribution is -2.36. The monoisotopic (exact) mass is 462 g/mol. The number of aryl methyl sites for hydroxylation is 2. The molecule has 1 heterocycles. The number of hydrogen-bond acceptors (Lipinski definition) is 4. The van der Waals surface area contributed by atoms with Gasteiger partial charge in [0.15, 0.2) is 0 Å². The summed E-state index contributed by atoms with van der Waals surface area (Å²) in [6, 6.07) is 5.62. The number of carbonyl (C=O) groups excluding carboxylic acids is 1. The minimum atomic E-state index is -3.54. The minimum absolute atomic E-state index is 0.195. The number of imidazole rings is 1. The van der Waals surface area contributed by atoms with Crippen LogP contribution in [0, 0.1) is 5.92 Å². The summed E-state index contributed by atoms with van der Waals surface area (Å²) >= 11 is 0. The third kappa shape index (κ3) is 5.34. The summed E-state index contributed by atoms with van der Waals surface area (Å²) in [6.45, 7) is 12.5. The van der Waals surface area contributed by atoms with E-state index in [2.05, 4.69) is 25.3 Å². The van der Waals surface area contributed by atoms with Gasteiger partial charge in [0.1, 0.15) is 5.82 Å². The molecule has 0 aliphatic heterocycles. The summed E-state index contributed by atoms with van der Waals surface area (Å²) in [4.78, 5) is 20.0. The average Bonchev–Trinajstić information content (AvgIpc) is 3.53. The van der Waals surface area contributed by atoms with E-state index in [4.69, 9.17) is 4.98 Å². The van der Waals surface area contributed by atoms with Gasteiger partial charge in [0.05, 0.1) is 15.9 Å². The molecule has 0 atom stereocenters. The molecule has 1 aliphatic rings. The fourth-order valence-electron chi connectivity index (χ4n) is 4.29. The number of carbonyl (C=O) groups is 1. The second kappa shape index (κ2) is 10.3. The zero-order valence-electron chi connectivity index (χ0n) is 20.2. The standard InChI is InChI=1S/C24H38N4O3S/c1-6-15-27-22-12-11-20(32(30,31)26(7-2)8-3)16-21(22)25-23(27)13-14-24(29)28(17-18(4)5)19-9-10-19/h11-12,16,18-19H,6-10,13-15,17H2,1-5H3. The molecule has 0 unspecified atom stereocenters. The van der Waals surface area contributed by atoms with Gasteiger partial charge in [-0.25, -0.2) is 13.4 Å². The fourth-order valence-corrected chi connectivity index (χ4v) is 5.77. The van der Waals surface area contributed by atoms with Crippen LogP contribution in [0.4, 0.5) is 0 Å². The van der Waals surface area contributed by atoms with Crippen molar-refractivity contribution in [1.29, 1.82) is 0 Å². The lowest BCUT2D eigenvalue weighted by Gasteiger charge is -2.24. The van der Waals surface area contributed by atoms with Crippen LogP contribution in [0.2, 0.25) is 0 Å². The molecule has 7 nitrogen and oxygen atoms in total. The molecule has 0 N–H and O–H groups in total. The van der Waals surface area contributed by atoms with Crippen molar-refractivity contribution in [2.45, 2.75) is 84.2 Å². The number of nitrogens with zero attached hydrogens (tertiary/aromatic N) is 4. The van der Waals surface area contributed by atoms with E-state index in [1.165, 1.54) is 4.31 Å². The zero-order valence-corrected chi connectivity index (χ0v) is 21.0. The molecule has 1 fully saturated rings. The van der Waals surface area contributed by atoms with Crippen LogP contribution >= 0.6 is 0 Å². The predicted molar refractivity (Wildman–Crippen MR) is 128 cm³/mol. The second-order valence-corrected chi connectivity index (χ2v) is 11.0. The first kappa shape index (κ1) is 24.7. The number of benzene rings is 1. The van der Waals surface area contributed by atoms with E-state index in [0.29, 0.717) is 43.4 Å². The van der Waals surface area contributed by atoms with Crippen molar-refractivity contribution >= 4 is 27.0 Å². The molecule has 3 rings (SSSR count). The van der Waals surface area contributed by atoms with Crippen LogP contribution in [0.1, 0.15) is 66.1 Å². The number of sulfonamides is 1. The SMILES string of the molecule is CCCn1c(CCC(=O)N(CC(C)C)C2CC2)nc2cc(S(=O)(=O)N(CC)CC)ccc21. The highest BCUT2D eigenvalue weighted by atomic mass is 32.2. The molecule has 0 saturated heterocycles. The molecule has 0 bridgehead atoms. The smallest absolute Gasteiger partial charge is 0.243 e. The van der Waals surface area contributed by atoms with Crippen molar-refractivity contribution in [2.24, 2.45) is 5.92 Å². The molecule has 1 aromatic carbocycles. The van der Waals surface area contributed by atoms with E-state index in [0.717, 1.165) is 43.7 Å². The average molecular weight is 463 g/mol. The van der Waals surface area contributed by atoms with Gasteiger partial charge in [0.25, 0.3) is 0 Å². The summed E-state index contributed by atoms with van der Waals surface area (Å²) in [6.07, 6.45) is 4.15. The summed E-state index contributed by atoms with van der Waals surface area (Å²) < 4.78 is 29.5. The van der Waals surface area contributed by atoms with Crippen LogP contribution in [-0.4, -0.2) is 58.8 Å². The Morgan fingerprint density at radius 3 is 2.44 bits per heavy atom. The van der Waals surface area contributed by atoms with Crippen molar-refractivity contribution < 1.29 is 13.2 Å². The van der Waals surface area contributed by atoms with Crippen LogP contribution in [0.3, 0.4) is 0 Å². The van der Waals surface area contributed by atoms with Gasteiger partial charge in [0, 0.05) is 45.1 Å². The molecule has 178 valence electrons. The molecule has 0 radical (unpaired) electrons. The highest BCUT2D eigenvalue weighted by Crippen LogP contribution is 2.29. The van der Waals surface area contributed by atoms with Gasteiger partial charge < -0.3 is 9.47 Å². The van der Waals surface area contributed by atoms with Gasteiger partial charge in [-0.15, -0.1) is 0 Å². The third-order valence-electron chi connectivity index (χ3n) is 6.02. The Morgan fingerprint density at radius 2 is 1.88 bits per heavy atom. The highest BCUT2D eigenvalue weighted by Gasteiger charge is 2.32. The number of fused-ring (bicyclic) bond motifs is 1. The molecular weight excluding hydrogens is 424 g/mol. The van der Waals surface area contributed by atoms with E-state index in [9.17, 15) is 13.2 Å². The molecular formula is C24H38N4O3S. The van der Waals surface area contributed by atoms with Crippen molar-refractivity contribution in [3.8, 4) is 0 Å². The molecule has 8 heteroatoms. The Balaban J connectivity index is 1.86. The predicted octanol–water partition coefficient (Wildman–Crippen LogP) is 4.06. The maximum absolute atomic E-state index is 12.9. The molecule has 2 aromatic rings. The minimum Gasteiger partial charge on any atom is -0.339 e. The van der Waals surface area contributed by atoms with Crippen molar-refractivity contribution in [2.75, 3.05) is 19.6 Å². The Kier molecular flexibility index (Phi) is 7.98. The molecule has 1 saturated carbocycles. The maximum atomic E-state index is 12.9. The fraction of sp³-hybridized carbons (Fsp3) is 0.667. The Morgan fingerprint density at radius 1 is 1.19 bits per heavy atom. The maximum Gasteiger partial charge on any atom is 0.243 e. The summed E-state index contributed by atoms with van der Waals surface area (Å²) in [5, 5.41) is 0. The van der Waals surface area contributed by atoms with E-state index >= 15 is 0 Å². The largest absolute Gasteiger partial charge is 0.339 e. The molecule has 1 aromatic heterocycles. The number of aromatic nitrogens is 2. The van der Waals surface area contributed by atoms with Gasteiger partial charge in [0.2, 0.25) is 15.9 Å². The van der Waals surface area contributed by atoms with Gasteiger partial charge in [-0.2, -0.15) is 4.31 Å².